The van der Waals surface area contributed by atoms with Crippen LogP contribution in [0.2, 0.25) is 0 Å². The summed E-state index contributed by atoms with van der Waals surface area (Å²) in [6.07, 6.45) is 10.4. The summed E-state index contributed by atoms with van der Waals surface area (Å²) in [6, 6.07) is 6.42. The number of aromatic amines is 1. The van der Waals surface area contributed by atoms with Crippen LogP contribution in [0.15, 0.2) is 30.5 Å². The van der Waals surface area contributed by atoms with Crippen LogP contribution in [0, 0.1) is 6.92 Å². The Morgan fingerprint density at radius 3 is 2.69 bits per heavy atom. The molecule has 0 atom stereocenters. The van der Waals surface area contributed by atoms with E-state index in [-0.39, 0.29) is 11.8 Å². The summed E-state index contributed by atoms with van der Waals surface area (Å²) < 4.78 is 0. The molecule has 2 amide bonds. The molecule has 170 valence electrons. The Balaban J connectivity index is 1.54. The highest BCUT2D eigenvalue weighted by Gasteiger charge is 2.25. The average molecular weight is 436 g/mol. The van der Waals surface area contributed by atoms with E-state index in [4.69, 9.17) is 0 Å². The summed E-state index contributed by atoms with van der Waals surface area (Å²) >= 11 is 0. The number of hydrogen-bond acceptors (Lipinski definition) is 4. The predicted molar refractivity (Wildman–Crippen MR) is 127 cm³/mol. The van der Waals surface area contributed by atoms with Gasteiger partial charge in [0.05, 0.1) is 6.54 Å². The molecule has 0 radical (unpaired) electrons. The number of aromatic nitrogens is 2. The van der Waals surface area contributed by atoms with Gasteiger partial charge in [-0.3, -0.25) is 9.59 Å². The number of benzene rings is 1. The number of anilines is 1. The molecular formula is C25H33N5O2. The molecule has 1 aromatic heterocycles. The summed E-state index contributed by atoms with van der Waals surface area (Å²) in [5.41, 5.74) is 5.42. The number of nitrogens with one attached hydrogen (secondary N) is 3. The summed E-state index contributed by atoms with van der Waals surface area (Å²) in [4.78, 5) is 34.0. The van der Waals surface area contributed by atoms with Crippen molar-refractivity contribution < 1.29 is 9.59 Å². The smallest absolute Gasteiger partial charge is 0.291 e. The van der Waals surface area contributed by atoms with Gasteiger partial charge in [0.1, 0.15) is 0 Å². The minimum atomic E-state index is -0.222. The van der Waals surface area contributed by atoms with Gasteiger partial charge >= 0.3 is 0 Å². The van der Waals surface area contributed by atoms with Gasteiger partial charge in [0.25, 0.3) is 5.91 Å². The number of hydrogen-bond donors (Lipinski definition) is 3. The molecule has 1 aliphatic heterocycles. The van der Waals surface area contributed by atoms with Crippen LogP contribution >= 0.6 is 0 Å². The van der Waals surface area contributed by atoms with E-state index in [2.05, 4.69) is 38.8 Å². The number of carbonyl (C=O) groups excluding carboxylic acids is 2. The Hall–Kier alpha value is -2.93. The fourth-order valence-corrected chi connectivity index (χ4v) is 4.71. The summed E-state index contributed by atoms with van der Waals surface area (Å²) in [5.74, 6) is 0.702. The van der Waals surface area contributed by atoms with E-state index in [1.54, 1.807) is 13.2 Å². The quantitative estimate of drug-likeness (QED) is 0.643. The lowest BCUT2D eigenvalue weighted by molar-refractivity contribution is -0.131. The molecule has 0 spiro atoms. The normalized spacial score (nSPS) is 17.2. The SMILES string of the molecule is CNCC(=O)N1CCC(c2ccc(NC(=O)c3ncc(C)[nH]3)c(C3=CCCCC3)c2)CC1. The Labute approximate surface area is 189 Å². The third-order valence-corrected chi connectivity index (χ3v) is 6.49. The number of aryl methyl sites for hydroxylation is 1. The number of imidazole rings is 1. The van der Waals surface area contributed by atoms with Crippen molar-refractivity contribution in [3.8, 4) is 0 Å². The van der Waals surface area contributed by atoms with Crippen molar-refractivity contribution in [2.75, 3.05) is 32.0 Å². The standard InChI is InChI=1S/C25H33N5O2/c1-17-15-27-24(28-17)25(32)29-22-9-8-20(14-21(22)19-6-4-3-5-7-19)18-10-12-30(13-11-18)23(31)16-26-2/h6,8-9,14-15,18,26H,3-5,7,10-13,16H2,1-2H3,(H,27,28)(H,29,32). The van der Waals surface area contributed by atoms with Gasteiger partial charge in [-0.05, 0) is 81.7 Å². The summed E-state index contributed by atoms with van der Waals surface area (Å²) in [6.45, 7) is 3.86. The molecule has 1 saturated heterocycles. The molecule has 7 heteroatoms. The molecule has 1 aliphatic carbocycles. The second-order valence-corrected chi connectivity index (χ2v) is 8.83. The highest BCUT2D eigenvalue weighted by atomic mass is 16.2. The summed E-state index contributed by atoms with van der Waals surface area (Å²) in [5, 5.41) is 6.02. The molecular weight excluding hydrogens is 402 g/mol. The highest BCUT2D eigenvalue weighted by Crippen LogP contribution is 2.36. The largest absolute Gasteiger partial charge is 0.342 e. The van der Waals surface area contributed by atoms with Crippen LogP contribution < -0.4 is 10.6 Å². The monoisotopic (exact) mass is 435 g/mol. The molecule has 0 saturated carbocycles. The number of amides is 2. The third-order valence-electron chi connectivity index (χ3n) is 6.49. The molecule has 7 nitrogen and oxygen atoms in total. The summed E-state index contributed by atoms with van der Waals surface area (Å²) in [7, 11) is 1.81. The Morgan fingerprint density at radius 1 is 1.22 bits per heavy atom. The second kappa shape index (κ2) is 10.1. The zero-order valence-electron chi connectivity index (χ0n) is 19.0. The van der Waals surface area contributed by atoms with Crippen molar-refractivity contribution in [1.82, 2.24) is 20.2 Å². The lowest BCUT2D eigenvalue weighted by Crippen LogP contribution is -2.41. The van der Waals surface area contributed by atoms with E-state index in [1.807, 2.05) is 17.9 Å². The number of nitrogens with zero attached hydrogens (tertiary/aromatic N) is 2. The zero-order chi connectivity index (χ0) is 22.5. The minimum absolute atomic E-state index is 0.172. The maximum absolute atomic E-state index is 12.7. The van der Waals surface area contributed by atoms with Gasteiger partial charge < -0.3 is 20.5 Å². The van der Waals surface area contributed by atoms with Crippen LogP contribution in [0.5, 0.6) is 0 Å². The molecule has 2 heterocycles. The second-order valence-electron chi connectivity index (χ2n) is 8.83. The van der Waals surface area contributed by atoms with Crippen LogP contribution in [0.4, 0.5) is 5.69 Å². The molecule has 32 heavy (non-hydrogen) atoms. The van der Waals surface area contributed by atoms with Crippen LogP contribution in [-0.4, -0.2) is 53.4 Å². The van der Waals surface area contributed by atoms with Crippen molar-refractivity contribution >= 4 is 23.1 Å². The molecule has 0 bridgehead atoms. The minimum Gasteiger partial charge on any atom is -0.342 e. The fourth-order valence-electron chi connectivity index (χ4n) is 4.71. The number of likely N-dealkylation sites (N-methyl/N-ethyl adjacent to an activating group) is 1. The Morgan fingerprint density at radius 2 is 2.03 bits per heavy atom. The first-order valence-electron chi connectivity index (χ1n) is 11.6. The number of likely N-dealkylation sites (tertiary alicyclic amines) is 1. The Bertz CT molecular complexity index is 1000. The topological polar surface area (TPSA) is 90.1 Å². The molecule has 2 aliphatic rings. The average Bonchev–Trinajstić information content (AvgIpc) is 3.27. The van der Waals surface area contributed by atoms with Crippen LogP contribution in [0.3, 0.4) is 0 Å². The maximum Gasteiger partial charge on any atom is 0.291 e. The van der Waals surface area contributed by atoms with Gasteiger partial charge in [0.15, 0.2) is 5.82 Å². The van der Waals surface area contributed by atoms with Crippen molar-refractivity contribution in [3.05, 3.63) is 53.1 Å². The van der Waals surface area contributed by atoms with Gasteiger partial charge in [-0.2, -0.15) is 0 Å². The van der Waals surface area contributed by atoms with E-state index in [9.17, 15) is 9.59 Å². The lowest BCUT2D eigenvalue weighted by Gasteiger charge is -2.32. The van der Waals surface area contributed by atoms with Crippen LogP contribution in [0.1, 0.15) is 71.9 Å². The molecule has 2 aromatic rings. The zero-order valence-corrected chi connectivity index (χ0v) is 19.0. The van der Waals surface area contributed by atoms with E-state index >= 15 is 0 Å². The Kier molecular flexibility index (Phi) is 7.05. The predicted octanol–water partition coefficient (Wildman–Crippen LogP) is 3.85. The van der Waals surface area contributed by atoms with E-state index in [0.29, 0.717) is 18.3 Å². The van der Waals surface area contributed by atoms with E-state index < -0.39 is 0 Å². The molecule has 4 rings (SSSR count). The van der Waals surface area contributed by atoms with Crippen molar-refractivity contribution in [2.24, 2.45) is 0 Å². The number of carbonyl (C=O) groups is 2. The van der Waals surface area contributed by atoms with Gasteiger partial charge in [0, 0.05) is 36.2 Å². The first-order chi connectivity index (χ1) is 15.5. The van der Waals surface area contributed by atoms with Crippen LogP contribution in [0.25, 0.3) is 5.57 Å². The van der Waals surface area contributed by atoms with Gasteiger partial charge in [-0.15, -0.1) is 0 Å². The lowest BCUT2D eigenvalue weighted by atomic mass is 9.85. The fraction of sp³-hybridized carbons (Fsp3) is 0.480. The molecule has 0 unspecified atom stereocenters. The van der Waals surface area contributed by atoms with Gasteiger partial charge in [0.2, 0.25) is 5.91 Å². The molecule has 3 N–H and O–H groups in total. The molecule has 1 fully saturated rings. The number of allylic oxidation sites excluding steroid dienone is 2. The van der Waals surface area contributed by atoms with Crippen molar-refractivity contribution in [2.45, 2.75) is 51.4 Å². The maximum atomic E-state index is 12.7. The van der Waals surface area contributed by atoms with Crippen molar-refractivity contribution in [1.29, 1.82) is 0 Å². The van der Waals surface area contributed by atoms with Gasteiger partial charge in [-0.1, -0.05) is 12.1 Å². The number of piperidine rings is 1. The van der Waals surface area contributed by atoms with Crippen molar-refractivity contribution in [3.63, 3.8) is 0 Å². The first kappa shape index (κ1) is 22.3. The highest BCUT2D eigenvalue weighted by molar-refractivity contribution is 6.03. The molecule has 1 aromatic carbocycles. The number of rotatable bonds is 6. The first-order valence-corrected chi connectivity index (χ1v) is 11.6. The number of H-pyrrole nitrogens is 1. The van der Waals surface area contributed by atoms with Gasteiger partial charge in [-0.25, -0.2) is 4.98 Å². The van der Waals surface area contributed by atoms with E-state index in [0.717, 1.165) is 55.7 Å². The van der Waals surface area contributed by atoms with E-state index in [1.165, 1.54) is 24.0 Å². The third kappa shape index (κ3) is 5.10. The van der Waals surface area contributed by atoms with Crippen LogP contribution in [-0.2, 0) is 4.79 Å².